The van der Waals surface area contributed by atoms with Crippen LogP contribution in [0.5, 0.6) is 0 Å². The van der Waals surface area contributed by atoms with Crippen molar-refractivity contribution >= 4 is 17.7 Å². The summed E-state index contributed by atoms with van der Waals surface area (Å²) in [5.41, 5.74) is 1.80. The van der Waals surface area contributed by atoms with Crippen molar-refractivity contribution in [3.05, 3.63) is 34.9 Å². The third kappa shape index (κ3) is 3.81. The van der Waals surface area contributed by atoms with Crippen molar-refractivity contribution in [3.63, 3.8) is 0 Å². The minimum atomic E-state index is -0.474. The van der Waals surface area contributed by atoms with E-state index in [0.717, 1.165) is 11.1 Å². The van der Waals surface area contributed by atoms with Crippen molar-refractivity contribution in [1.29, 1.82) is 0 Å². The van der Waals surface area contributed by atoms with E-state index in [-0.39, 0.29) is 35.4 Å². The molecule has 2 aliphatic rings. The molecule has 5 nitrogen and oxygen atoms in total. The van der Waals surface area contributed by atoms with E-state index in [9.17, 15) is 14.4 Å². The highest BCUT2D eigenvalue weighted by atomic mass is 16.5. The number of esters is 2. The van der Waals surface area contributed by atoms with Crippen LogP contribution >= 0.6 is 0 Å². The normalized spacial score (nSPS) is 27.8. The van der Waals surface area contributed by atoms with Gasteiger partial charge in [-0.25, -0.2) is 4.79 Å². The van der Waals surface area contributed by atoms with Gasteiger partial charge < -0.3 is 9.47 Å². The number of carbonyl (C=O) groups is 3. The van der Waals surface area contributed by atoms with Crippen LogP contribution < -0.4 is 0 Å². The highest BCUT2D eigenvalue weighted by Crippen LogP contribution is 2.60. The fourth-order valence-electron chi connectivity index (χ4n) is 3.65. The van der Waals surface area contributed by atoms with Gasteiger partial charge in [0.25, 0.3) is 0 Å². The Labute approximate surface area is 155 Å². The lowest BCUT2D eigenvalue weighted by atomic mass is 10.1. The first kappa shape index (κ1) is 20.1. The van der Waals surface area contributed by atoms with E-state index in [2.05, 4.69) is 0 Å². The van der Waals surface area contributed by atoms with Crippen LogP contribution in [0.1, 0.15) is 47.5 Å². The lowest BCUT2D eigenvalue weighted by Crippen LogP contribution is -2.20. The Balaban J connectivity index is 2.08. The zero-order valence-electron chi connectivity index (χ0n) is 16.4. The van der Waals surface area contributed by atoms with E-state index in [1.807, 2.05) is 39.8 Å². The zero-order valence-corrected chi connectivity index (χ0v) is 16.4. The average Bonchev–Trinajstić information content (AvgIpc) is 3.01. The van der Waals surface area contributed by atoms with Gasteiger partial charge in [0.05, 0.1) is 19.4 Å². The number of hydrogen-bond donors (Lipinski definition) is 0. The molecule has 0 heterocycles. The van der Waals surface area contributed by atoms with Crippen molar-refractivity contribution in [2.75, 3.05) is 7.11 Å². The number of methoxy groups -OCH3 is 1. The molecule has 1 saturated carbocycles. The summed E-state index contributed by atoms with van der Waals surface area (Å²) in [4.78, 5) is 36.4. The molecule has 0 aliphatic heterocycles. The van der Waals surface area contributed by atoms with Crippen LogP contribution in [0, 0.1) is 17.3 Å². The topological polar surface area (TPSA) is 69.7 Å². The Hall–Kier alpha value is -2.17. The first-order valence-electron chi connectivity index (χ1n) is 8.96. The van der Waals surface area contributed by atoms with Gasteiger partial charge >= 0.3 is 11.9 Å². The predicted octanol–water partition coefficient (Wildman–Crippen LogP) is 3.55. The number of carbonyl (C=O) groups excluding carboxylic acids is 3. The number of hydrogen-bond acceptors (Lipinski definition) is 5. The van der Waals surface area contributed by atoms with Gasteiger partial charge in [-0.1, -0.05) is 32.1 Å². The second-order valence-corrected chi connectivity index (χ2v) is 7.65. The molecular weight excluding hydrogens is 332 g/mol. The Morgan fingerprint density at radius 3 is 2.54 bits per heavy atom. The molecule has 5 heteroatoms. The molecule has 2 rings (SSSR count). The van der Waals surface area contributed by atoms with Crippen molar-refractivity contribution in [2.24, 2.45) is 17.3 Å². The summed E-state index contributed by atoms with van der Waals surface area (Å²) in [7, 11) is 1.33. The third-order valence-corrected chi connectivity index (χ3v) is 5.58. The fourth-order valence-corrected chi connectivity index (χ4v) is 3.65. The first-order chi connectivity index (χ1) is 12.1. The quantitative estimate of drug-likeness (QED) is 0.412. The Kier molecular flexibility index (Phi) is 5.89. The Morgan fingerprint density at radius 1 is 1.31 bits per heavy atom. The monoisotopic (exact) mass is 360 g/mol. The molecule has 142 valence electrons. The summed E-state index contributed by atoms with van der Waals surface area (Å²) in [5, 5.41) is 0. The number of Topliss-reactive ketones (excluding diaryl/α,β-unsaturated/α-hetero) is 1. The summed E-state index contributed by atoms with van der Waals surface area (Å²) in [5.74, 6) is -1.04. The number of ketones is 1. The highest BCUT2D eigenvalue weighted by molar-refractivity contribution is 6.00. The highest BCUT2D eigenvalue weighted by Gasteiger charge is 2.62. The van der Waals surface area contributed by atoms with E-state index in [1.54, 1.807) is 13.0 Å². The SMILES string of the molecule is C/C=C\CC1=C(C)[C@@H](OC(=O)[C@@H]2[C@@H](/C=C(\C)C(=O)OC)C2(C)C)CC1=O. The fraction of sp³-hybridized carbons (Fsp3) is 0.571. The largest absolute Gasteiger partial charge is 0.466 e. The standard InChI is InChI=1S/C21H28O5/c1-7-8-9-14-13(3)17(11-16(14)22)26-20(24)18-15(21(18,4)5)10-12(2)19(23)25-6/h7-8,10,15,17-18H,9,11H2,1-6H3/b8-7-,12-10+/t15-,17+,18+/m1/s1. The van der Waals surface area contributed by atoms with Crippen molar-refractivity contribution in [3.8, 4) is 0 Å². The number of allylic oxidation sites excluding steroid dienone is 4. The summed E-state index contributed by atoms with van der Waals surface area (Å²) in [6.45, 7) is 9.40. The molecule has 2 aliphatic carbocycles. The molecule has 3 atom stereocenters. The molecule has 0 radical (unpaired) electrons. The lowest BCUT2D eigenvalue weighted by molar-refractivity contribution is -0.150. The third-order valence-electron chi connectivity index (χ3n) is 5.58. The molecular formula is C21H28O5. The molecule has 0 aromatic heterocycles. The van der Waals surface area contributed by atoms with Crippen LogP contribution in [0.25, 0.3) is 0 Å². The van der Waals surface area contributed by atoms with Gasteiger partial charge in [-0.2, -0.15) is 0 Å². The molecule has 0 N–H and O–H groups in total. The van der Waals surface area contributed by atoms with Crippen LogP contribution in [0.4, 0.5) is 0 Å². The van der Waals surface area contributed by atoms with Gasteiger partial charge in [-0.3, -0.25) is 9.59 Å². The zero-order chi connectivity index (χ0) is 19.6. The Bertz CT molecular complexity index is 708. The van der Waals surface area contributed by atoms with Gasteiger partial charge in [-0.15, -0.1) is 0 Å². The van der Waals surface area contributed by atoms with Crippen LogP contribution in [-0.4, -0.2) is 30.9 Å². The molecule has 1 fully saturated rings. The van der Waals surface area contributed by atoms with Crippen molar-refractivity contribution in [1.82, 2.24) is 0 Å². The minimum absolute atomic E-state index is 0.0476. The predicted molar refractivity (Wildman–Crippen MR) is 98.2 cm³/mol. The maximum atomic E-state index is 12.7. The van der Waals surface area contributed by atoms with Gasteiger partial charge in [0.1, 0.15) is 6.10 Å². The second-order valence-electron chi connectivity index (χ2n) is 7.65. The lowest BCUT2D eigenvalue weighted by Gasteiger charge is -2.13. The molecule has 0 saturated heterocycles. The summed E-state index contributed by atoms with van der Waals surface area (Å²) in [6, 6.07) is 0. The second kappa shape index (κ2) is 7.60. The summed E-state index contributed by atoms with van der Waals surface area (Å²) >= 11 is 0. The maximum Gasteiger partial charge on any atom is 0.333 e. The molecule has 0 aromatic rings. The molecule has 0 bridgehead atoms. The number of ether oxygens (including phenoxy) is 2. The molecule has 0 amide bonds. The van der Waals surface area contributed by atoms with Crippen LogP contribution in [0.15, 0.2) is 34.9 Å². The van der Waals surface area contributed by atoms with E-state index >= 15 is 0 Å². The van der Waals surface area contributed by atoms with Crippen LogP contribution in [0.2, 0.25) is 0 Å². The molecule has 0 unspecified atom stereocenters. The van der Waals surface area contributed by atoms with Gasteiger partial charge in [-0.05, 0) is 44.1 Å². The summed E-state index contributed by atoms with van der Waals surface area (Å²) in [6.07, 6.45) is 5.95. The minimum Gasteiger partial charge on any atom is -0.466 e. The van der Waals surface area contributed by atoms with Crippen LogP contribution in [0.3, 0.4) is 0 Å². The van der Waals surface area contributed by atoms with Crippen LogP contribution in [-0.2, 0) is 23.9 Å². The Morgan fingerprint density at radius 2 is 1.96 bits per heavy atom. The number of rotatable bonds is 6. The van der Waals surface area contributed by atoms with Crippen molar-refractivity contribution < 1.29 is 23.9 Å². The maximum absolute atomic E-state index is 12.7. The van der Waals surface area contributed by atoms with Crippen molar-refractivity contribution in [2.45, 2.75) is 53.6 Å². The molecule has 26 heavy (non-hydrogen) atoms. The molecule has 0 spiro atoms. The average molecular weight is 360 g/mol. The molecule has 0 aromatic carbocycles. The van der Waals surface area contributed by atoms with Gasteiger partial charge in [0.15, 0.2) is 5.78 Å². The first-order valence-corrected chi connectivity index (χ1v) is 8.96. The van der Waals surface area contributed by atoms with E-state index in [4.69, 9.17) is 9.47 Å². The smallest absolute Gasteiger partial charge is 0.333 e. The van der Waals surface area contributed by atoms with E-state index in [0.29, 0.717) is 12.0 Å². The van der Waals surface area contributed by atoms with E-state index < -0.39 is 12.1 Å². The van der Waals surface area contributed by atoms with Gasteiger partial charge in [0.2, 0.25) is 0 Å². The van der Waals surface area contributed by atoms with Gasteiger partial charge in [0, 0.05) is 11.1 Å². The summed E-state index contributed by atoms with van der Waals surface area (Å²) < 4.78 is 10.4. The van der Waals surface area contributed by atoms with E-state index in [1.165, 1.54) is 7.11 Å².